The van der Waals surface area contributed by atoms with Crippen molar-refractivity contribution in [2.24, 2.45) is 0 Å². The van der Waals surface area contributed by atoms with E-state index in [1.54, 1.807) is 0 Å². The number of hydrogen-bond donors (Lipinski definition) is 0. The van der Waals surface area contributed by atoms with E-state index in [4.69, 9.17) is 12.2 Å². The van der Waals surface area contributed by atoms with Crippen LogP contribution < -0.4 is 0 Å². The van der Waals surface area contributed by atoms with Crippen LogP contribution in [0.5, 0.6) is 0 Å². The van der Waals surface area contributed by atoms with Gasteiger partial charge in [-0.2, -0.15) is 0 Å². The maximum Gasteiger partial charge on any atom is -0.00713 e. The number of rotatable bonds is 0. The molecule has 0 aromatic rings. The summed E-state index contributed by atoms with van der Waals surface area (Å²) in [4.78, 5) is 1.27. The Bertz CT molecular complexity index is 68.2. The summed E-state index contributed by atoms with van der Waals surface area (Å²) in [6.45, 7) is 0. The minimum absolute atomic E-state index is 1.16. The van der Waals surface area contributed by atoms with Crippen LogP contribution in [0.1, 0.15) is 25.7 Å². The fourth-order valence-corrected chi connectivity index (χ4v) is 1.03. The normalized spacial score (nSPS) is 22.6. The van der Waals surface area contributed by atoms with Crippen molar-refractivity contribution in [1.82, 2.24) is 0 Å². The zero-order valence-corrected chi connectivity index (χ0v) is 5.13. The van der Waals surface area contributed by atoms with Crippen LogP contribution in [-0.2, 0) is 0 Å². The summed E-state index contributed by atoms with van der Waals surface area (Å²) in [5, 5.41) is 0. The fourth-order valence-electron chi connectivity index (χ4n) is 0.795. The highest BCUT2D eigenvalue weighted by Gasteiger charge is 2.02. The van der Waals surface area contributed by atoms with Crippen LogP contribution in [0.25, 0.3) is 0 Å². The van der Waals surface area contributed by atoms with Gasteiger partial charge in [0.2, 0.25) is 0 Å². The molecule has 1 fully saturated rings. The maximum atomic E-state index is 4.99. The summed E-state index contributed by atoms with van der Waals surface area (Å²) in [6.07, 6.45) is 7.08. The molecule has 0 atom stereocenters. The topological polar surface area (TPSA) is 0 Å². The van der Waals surface area contributed by atoms with E-state index in [0.29, 0.717) is 0 Å². The Hall–Kier alpha value is 0.0900. The van der Waals surface area contributed by atoms with Gasteiger partial charge in [-0.15, -0.1) is 0 Å². The highest BCUT2D eigenvalue weighted by atomic mass is 32.1. The summed E-state index contributed by atoms with van der Waals surface area (Å²) in [7, 11) is 0. The Labute approximate surface area is 49.9 Å². The predicted octanol–water partition coefficient (Wildman–Crippen LogP) is 2.13. The molecule has 0 aromatic heterocycles. The van der Waals surface area contributed by atoms with E-state index in [-0.39, 0.29) is 0 Å². The molecular weight excluding hydrogens is 104 g/mol. The first-order valence-electron chi connectivity index (χ1n) is 2.73. The Morgan fingerprint density at radius 1 is 1.29 bits per heavy atom. The van der Waals surface area contributed by atoms with E-state index < -0.39 is 0 Å². The van der Waals surface area contributed by atoms with Gasteiger partial charge in [0, 0.05) is 0 Å². The molecule has 7 heavy (non-hydrogen) atoms. The molecule has 0 amide bonds. The van der Waals surface area contributed by atoms with Gasteiger partial charge in [0.15, 0.2) is 0 Å². The number of hydrogen-bond acceptors (Lipinski definition) is 1. The largest absolute Gasteiger partial charge is 0.0897 e. The summed E-state index contributed by atoms with van der Waals surface area (Å²) in [5.74, 6) is 0. The lowest BCUT2D eigenvalue weighted by Crippen LogP contribution is -2.00. The molecule has 0 saturated heterocycles. The molecule has 0 heterocycles. The monoisotopic (exact) mass is 113 g/mol. The third kappa shape index (κ3) is 1.56. The molecule has 0 aromatic carbocycles. The van der Waals surface area contributed by atoms with Crippen LogP contribution in [0.3, 0.4) is 0 Å². The molecule has 0 unspecified atom stereocenters. The van der Waals surface area contributed by atoms with Gasteiger partial charge in [-0.05, 0) is 37.0 Å². The zero-order valence-electron chi connectivity index (χ0n) is 4.31. The van der Waals surface area contributed by atoms with Gasteiger partial charge in [0.25, 0.3) is 0 Å². The summed E-state index contributed by atoms with van der Waals surface area (Å²) in [5.41, 5.74) is 0. The summed E-state index contributed by atoms with van der Waals surface area (Å²) < 4.78 is 0. The van der Waals surface area contributed by atoms with Crippen molar-refractivity contribution in [2.45, 2.75) is 25.7 Å². The Morgan fingerprint density at radius 2 is 1.86 bits per heavy atom. The minimum Gasteiger partial charge on any atom is -0.0897 e. The van der Waals surface area contributed by atoms with Crippen molar-refractivity contribution in [2.75, 3.05) is 0 Å². The molecule has 0 aliphatic heterocycles. The van der Waals surface area contributed by atoms with Crippen LogP contribution in [0.2, 0.25) is 0 Å². The second kappa shape index (κ2) is 2.41. The van der Waals surface area contributed by atoms with Gasteiger partial charge in [0.05, 0.1) is 0 Å². The Balaban J connectivity index is 2.25. The van der Waals surface area contributed by atoms with Crippen LogP contribution in [0.15, 0.2) is 0 Å². The predicted molar refractivity (Wildman–Crippen MR) is 35.4 cm³/mol. The minimum atomic E-state index is 1.16. The van der Waals surface area contributed by atoms with Crippen molar-refractivity contribution < 1.29 is 0 Å². The first-order valence-corrected chi connectivity index (χ1v) is 3.14. The Kier molecular flexibility index (Phi) is 1.80. The molecular formula is C6H9S. The van der Waals surface area contributed by atoms with E-state index >= 15 is 0 Å². The van der Waals surface area contributed by atoms with Crippen molar-refractivity contribution in [3.8, 4) is 0 Å². The SMILES string of the molecule is S=C1CC[CH]CC1. The zero-order chi connectivity index (χ0) is 5.11. The van der Waals surface area contributed by atoms with Crippen LogP contribution in [0, 0.1) is 6.42 Å². The Morgan fingerprint density at radius 3 is 2.14 bits per heavy atom. The van der Waals surface area contributed by atoms with E-state index in [2.05, 4.69) is 6.42 Å². The molecule has 1 saturated carbocycles. The average Bonchev–Trinajstić information content (AvgIpc) is 1.69. The second-order valence-corrected chi connectivity index (χ2v) is 2.48. The van der Waals surface area contributed by atoms with Crippen molar-refractivity contribution in [3.63, 3.8) is 0 Å². The van der Waals surface area contributed by atoms with Gasteiger partial charge in [-0.3, -0.25) is 0 Å². The van der Waals surface area contributed by atoms with Crippen LogP contribution in [-0.4, -0.2) is 4.86 Å². The molecule has 0 spiro atoms. The van der Waals surface area contributed by atoms with Crippen LogP contribution in [0.4, 0.5) is 0 Å². The van der Waals surface area contributed by atoms with Crippen molar-refractivity contribution in [3.05, 3.63) is 6.42 Å². The molecule has 1 rings (SSSR count). The van der Waals surface area contributed by atoms with Gasteiger partial charge in [-0.25, -0.2) is 0 Å². The third-order valence-corrected chi connectivity index (χ3v) is 1.66. The lowest BCUT2D eigenvalue weighted by Gasteiger charge is -2.07. The quantitative estimate of drug-likeness (QED) is 0.434. The van der Waals surface area contributed by atoms with E-state index in [9.17, 15) is 0 Å². The lowest BCUT2D eigenvalue weighted by molar-refractivity contribution is 0.831. The fraction of sp³-hybridized carbons (Fsp3) is 0.667. The third-order valence-electron chi connectivity index (χ3n) is 1.25. The van der Waals surface area contributed by atoms with Gasteiger partial charge >= 0.3 is 0 Å². The second-order valence-electron chi connectivity index (χ2n) is 1.90. The highest BCUT2D eigenvalue weighted by molar-refractivity contribution is 7.80. The molecule has 0 nitrogen and oxygen atoms in total. The first-order chi connectivity index (χ1) is 3.39. The van der Waals surface area contributed by atoms with Gasteiger partial charge in [-0.1, -0.05) is 12.2 Å². The highest BCUT2D eigenvalue weighted by Crippen LogP contribution is 2.12. The van der Waals surface area contributed by atoms with Crippen LogP contribution >= 0.6 is 12.2 Å². The smallest absolute Gasteiger partial charge is 0.00713 e. The molecule has 1 aliphatic rings. The molecule has 0 N–H and O–H groups in total. The molecule has 0 bridgehead atoms. The average molecular weight is 113 g/mol. The number of thiocarbonyl (C=S) groups is 1. The standard InChI is InChI=1S/C6H9S/c7-6-4-2-1-3-5-6/h1H,2-5H2. The first kappa shape index (κ1) is 5.23. The van der Waals surface area contributed by atoms with Gasteiger partial charge in [0.1, 0.15) is 0 Å². The van der Waals surface area contributed by atoms with E-state index in [0.717, 1.165) is 12.8 Å². The molecule has 1 heteroatoms. The molecule has 1 radical (unpaired) electrons. The summed E-state index contributed by atoms with van der Waals surface area (Å²) >= 11 is 4.99. The van der Waals surface area contributed by atoms with Crippen molar-refractivity contribution >= 4 is 17.1 Å². The molecule has 39 valence electrons. The lowest BCUT2D eigenvalue weighted by atomic mass is 10.0. The van der Waals surface area contributed by atoms with E-state index in [1.807, 2.05) is 0 Å². The van der Waals surface area contributed by atoms with E-state index in [1.165, 1.54) is 17.7 Å². The maximum absolute atomic E-state index is 4.99. The van der Waals surface area contributed by atoms with Gasteiger partial charge < -0.3 is 0 Å². The van der Waals surface area contributed by atoms with Crippen molar-refractivity contribution in [1.29, 1.82) is 0 Å². The molecule has 1 aliphatic carbocycles. The summed E-state index contributed by atoms with van der Waals surface area (Å²) in [6, 6.07) is 0.